The highest BCUT2D eigenvalue weighted by Crippen LogP contribution is 2.34. The number of carbonyl (C=O) groups excluding carboxylic acids is 1. The summed E-state index contributed by atoms with van der Waals surface area (Å²) in [5.74, 6) is 0.927. The van der Waals surface area contributed by atoms with Crippen LogP contribution in [0.2, 0.25) is 0 Å². The summed E-state index contributed by atoms with van der Waals surface area (Å²) in [6.07, 6.45) is 2.07. The summed E-state index contributed by atoms with van der Waals surface area (Å²) in [4.78, 5) is 11.6. The van der Waals surface area contributed by atoms with Crippen LogP contribution in [0.5, 0.6) is 5.75 Å². The van der Waals surface area contributed by atoms with E-state index in [1.807, 2.05) is 6.07 Å². The van der Waals surface area contributed by atoms with Gasteiger partial charge in [-0.25, -0.2) is 0 Å². The number of hydrogen-bond acceptors (Lipinski definition) is 3. The average Bonchev–Trinajstić information content (AvgIpc) is 2.76. The molecular weight excluding hydrogens is 296 g/mol. The van der Waals surface area contributed by atoms with E-state index in [2.05, 4.69) is 22.0 Å². The van der Waals surface area contributed by atoms with Crippen molar-refractivity contribution in [2.75, 3.05) is 13.2 Å². The topological polar surface area (TPSA) is 46.5 Å². The molecule has 0 spiro atoms. The Balaban J connectivity index is 2.25. The van der Waals surface area contributed by atoms with E-state index in [-0.39, 0.29) is 18.3 Å². The van der Waals surface area contributed by atoms with E-state index < -0.39 is 0 Å². The normalized spacial score (nSPS) is 15.1. The maximum Gasteiger partial charge on any atom is 0.133 e. The third kappa shape index (κ3) is 2.93. The van der Waals surface area contributed by atoms with Crippen LogP contribution in [-0.2, 0) is 17.6 Å². The van der Waals surface area contributed by atoms with Gasteiger partial charge in [0.05, 0.1) is 6.61 Å². The van der Waals surface area contributed by atoms with E-state index in [1.165, 1.54) is 5.56 Å². The molecule has 1 atom stereocenters. The predicted octanol–water partition coefficient (Wildman–Crippen LogP) is 2.51. The fourth-order valence-corrected chi connectivity index (χ4v) is 2.92. The summed E-state index contributed by atoms with van der Waals surface area (Å²) in [5.41, 5.74) is 2.26. The van der Waals surface area contributed by atoms with E-state index in [9.17, 15) is 4.79 Å². The number of rotatable bonds is 5. The van der Waals surface area contributed by atoms with Gasteiger partial charge >= 0.3 is 0 Å². The monoisotopic (exact) mass is 312 g/mol. The lowest BCUT2D eigenvalue weighted by Crippen LogP contribution is -2.16. The van der Waals surface area contributed by atoms with Crippen molar-refractivity contribution >= 4 is 21.7 Å². The molecule has 0 radical (unpaired) electrons. The summed E-state index contributed by atoms with van der Waals surface area (Å²) in [5, 5.41) is 9.02. The predicted molar refractivity (Wildman–Crippen MR) is 72.9 cm³/mol. The average molecular weight is 313 g/mol. The van der Waals surface area contributed by atoms with E-state index in [0.717, 1.165) is 22.2 Å². The van der Waals surface area contributed by atoms with Crippen molar-refractivity contribution in [3.63, 3.8) is 0 Å². The Morgan fingerprint density at radius 3 is 3.00 bits per heavy atom. The van der Waals surface area contributed by atoms with Crippen LogP contribution < -0.4 is 4.74 Å². The smallest absolute Gasteiger partial charge is 0.133 e. The number of aliphatic hydroxyl groups is 1. The van der Waals surface area contributed by atoms with Gasteiger partial charge in [-0.3, -0.25) is 4.79 Å². The van der Waals surface area contributed by atoms with E-state index in [4.69, 9.17) is 9.84 Å². The zero-order valence-electron chi connectivity index (χ0n) is 10.4. The Bertz CT molecular complexity index is 457. The van der Waals surface area contributed by atoms with Gasteiger partial charge in [0.1, 0.15) is 11.5 Å². The molecule has 1 unspecified atom stereocenters. The molecule has 0 saturated carbocycles. The van der Waals surface area contributed by atoms with Gasteiger partial charge in [0, 0.05) is 23.4 Å². The number of benzene rings is 1. The first-order chi connectivity index (χ1) is 8.61. The second-order valence-electron chi connectivity index (χ2n) is 4.68. The number of halogens is 1. The van der Waals surface area contributed by atoms with Gasteiger partial charge in [-0.15, -0.1) is 0 Å². The summed E-state index contributed by atoms with van der Waals surface area (Å²) < 4.78 is 6.67. The Morgan fingerprint density at radius 1 is 1.56 bits per heavy atom. The van der Waals surface area contributed by atoms with Gasteiger partial charge in [-0.2, -0.15) is 0 Å². The zero-order valence-corrected chi connectivity index (χ0v) is 12.0. The minimum Gasteiger partial charge on any atom is -0.493 e. The highest BCUT2D eigenvalue weighted by molar-refractivity contribution is 9.10. The van der Waals surface area contributed by atoms with Crippen molar-refractivity contribution in [3.8, 4) is 5.75 Å². The Morgan fingerprint density at radius 2 is 2.33 bits per heavy atom. The molecule has 0 saturated heterocycles. The molecule has 1 aromatic carbocycles. The number of carbonyl (C=O) groups is 1. The first kappa shape index (κ1) is 13.6. The molecule has 1 aliphatic rings. The molecule has 2 rings (SSSR count). The van der Waals surface area contributed by atoms with Gasteiger partial charge in [-0.1, -0.05) is 15.9 Å². The maximum atomic E-state index is 11.6. The van der Waals surface area contributed by atoms with Crippen LogP contribution in [0, 0.1) is 5.92 Å². The van der Waals surface area contributed by atoms with Crippen LogP contribution in [0.25, 0.3) is 0 Å². The first-order valence-electron chi connectivity index (χ1n) is 6.17. The number of aliphatic hydroxyl groups excluding tert-OH is 1. The summed E-state index contributed by atoms with van der Waals surface area (Å²) in [6.45, 7) is 2.34. The lowest BCUT2D eigenvalue weighted by molar-refractivity contribution is -0.121. The molecule has 1 N–H and O–H groups in total. The van der Waals surface area contributed by atoms with Gasteiger partial charge in [-0.05, 0) is 43.0 Å². The van der Waals surface area contributed by atoms with Crippen molar-refractivity contribution in [1.82, 2.24) is 0 Å². The van der Waals surface area contributed by atoms with Gasteiger partial charge in [0.2, 0.25) is 0 Å². The largest absolute Gasteiger partial charge is 0.493 e. The number of Topliss-reactive ketones (excluding diaryl/α,β-unsaturated/α-hetero) is 1. The lowest BCUT2D eigenvalue weighted by Gasteiger charge is -2.15. The van der Waals surface area contributed by atoms with Crippen molar-refractivity contribution < 1.29 is 14.6 Å². The molecule has 0 bridgehead atoms. The van der Waals surface area contributed by atoms with Gasteiger partial charge in [0.25, 0.3) is 0 Å². The third-order valence-corrected chi connectivity index (χ3v) is 3.80. The van der Waals surface area contributed by atoms with Crippen LogP contribution in [0.15, 0.2) is 16.6 Å². The Hall–Kier alpha value is -0.870. The summed E-state index contributed by atoms with van der Waals surface area (Å²) in [7, 11) is 0. The molecule has 0 aromatic heterocycles. The standard InChI is InChI=1S/C14H17BrO3/c1-9(17)10(2-4-16)6-12-8-13(15)7-11-3-5-18-14(11)12/h7-8,10,16H,2-6H2,1H3. The minimum atomic E-state index is -0.127. The quantitative estimate of drug-likeness (QED) is 0.908. The summed E-state index contributed by atoms with van der Waals surface area (Å²) in [6, 6.07) is 4.08. The second-order valence-corrected chi connectivity index (χ2v) is 5.59. The molecule has 0 fully saturated rings. The molecule has 0 amide bonds. The van der Waals surface area contributed by atoms with Crippen molar-refractivity contribution in [1.29, 1.82) is 0 Å². The fraction of sp³-hybridized carbons (Fsp3) is 0.500. The third-order valence-electron chi connectivity index (χ3n) is 3.34. The van der Waals surface area contributed by atoms with Gasteiger partial charge in [0.15, 0.2) is 0 Å². The highest BCUT2D eigenvalue weighted by atomic mass is 79.9. The highest BCUT2D eigenvalue weighted by Gasteiger charge is 2.21. The minimum absolute atomic E-state index is 0.0430. The molecule has 0 aliphatic carbocycles. The van der Waals surface area contributed by atoms with Crippen molar-refractivity contribution in [2.45, 2.75) is 26.2 Å². The Labute approximate surface area is 115 Å². The zero-order chi connectivity index (χ0) is 13.1. The number of fused-ring (bicyclic) bond motifs is 1. The molecule has 4 heteroatoms. The van der Waals surface area contributed by atoms with E-state index in [1.54, 1.807) is 6.92 Å². The fourth-order valence-electron chi connectivity index (χ4n) is 2.37. The summed E-state index contributed by atoms with van der Waals surface area (Å²) >= 11 is 3.49. The molecular formula is C14H17BrO3. The molecule has 1 heterocycles. The number of hydrogen-bond donors (Lipinski definition) is 1. The SMILES string of the molecule is CC(=O)C(CCO)Cc1cc(Br)cc2c1OCC2. The first-order valence-corrected chi connectivity index (χ1v) is 6.96. The lowest BCUT2D eigenvalue weighted by atomic mass is 9.92. The Kier molecular flexibility index (Phi) is 4.40. The van der Waals surface area contributed by atoms with Crippen molar-refractivity contribution in [3.05, 3.63) is 27.7 Å². The second kappa shape index (κ2) is 5.85. The molecule has 3 nitrogen and oxygen atoms in total. The van der Waals surface area contributed by atoms with E-state index in [0.29, 0.717) is 19.4 Å². The number of ketones is 1. The van der Waals surface area contributed by atoms with Crippen LogP contribution in [-0.4, -0.2) is 24.1 Å². The van der Waals surface area contributed by atoms with Crippen LogP contribution in [0.3, 0.4) is 0 Å². The van der Waals surface area contributed by atoms with Crippen LogP contribution in [0.1, 0.15) is 24.5 Å². The number of ether oxygens (including phenoxy) is 1. The molecule has 1 aromatic rings. The van der Waals surface area contributed by atoms with Gasteiger partial charge < -0.3 is 9.84 Å². The van der Waals surface area contributed by atoms with E-state index >= 15 is 0 Å². The van der Waals surface area contributed by atoms with Crippen LogP contribution in [0.4, 0.5) is 0 Å². The molecule has 98 valence electrons. The van der Waals surface area contributed by atoms with Crippen LogP contribution >= 0.6 is 15.9 Å². The molecule has 18 heavy (non-hydrogen) atoms. The van der Waals surface area contributed by atoms with Crippen molar-refractivity contribution in [2.24, 2.45) is 5.92 Å². The maximum absolute atomic E-state index is 11.6. The molecule has 1 aliphatic heterocycles.